The minimum atomic E-state index is -0.241. The lowest BCUT2D eigenvalue weighted by Crippen LogP contribution is -2.47. The van der Waals surface area contributed by atoms with Crippen molar-refractivity contribution in [3.05, 3.63) is 68.0 Å². The van der Waals surface area contributed by atoms with E-state index in [0.717, 1.165) is 36.5 Å². The molecule has 6 heteroatoms. The Balaban J connectivity index is 1.58. The van der Waals surface area contributed by atoms with Gasteiger partial charge in [0.1, 0.15) is 0 Å². The fourth-order valence-electron chi connectivity index (χ4n) is 4.04. The first-order chi connectivity index (χ1) is 13.6. The van der Waals surface area contributed by atoms with Crippen molar-refractivity contribution in [3.8, 4) is 12.0 Å². The van der Waals surface area contributed by atoms with Crippen molar-refractivity contribution in [1.82, 2.24) is 18.9 Å². The van der Waals surface area contributed by atoms with Gasteiger partial charge in [0.2, 0.25) is 0 Å². The van der Waals surface area contributed by atoms with Gasteiger partial charge in [-0.25, -0.2) is 4.79 Å². The van der Waals surface area contributed by atoms with E-state index < -0.39 is 0 Å². The van der Waals surface area contributed by atoms with Crippen LogP contribution in [0.3, 0.4) is 0 Å². The minimum absolute atomic E-state index is 0.167. The van der Waals surface area contributed by atoms with E-state index in [1.165, 1.54) is 17.4 Å². The smallest absolute Gasteiger partial charge is 0.331 e. The predicted molar refractivity (Wildman–Crippen MR) is 109 cm³/mol. The van der Waals surface area contributed by atoms with Gasteiger partial charge < -0.3 is 9.47 Å². The molecule has 4 rings (SSSR count). The molecule has 0 unspecified atom stereocenters. The van der Waals surface area contributed by atoms with Crippen LogP contribution >= 0.6 is 0 Å². The number of nitrogens with zero attached hydrogens (tertiary/aromatic N) is 4. The molecule has 0 amide bonds. The predicted octanol–water partition coefficient (Wildman–Crippen LogP) is 1.01. The third kappa shape index (κ3) is 3.76. The Morgan fingerprint density at radius 2 is 1.79 bits per heavy atom. The standard InChI is InChI=1S/C22H26N4O2/c1-23-20-10-15-25(14-7-13-24-11-5-6-12-24)17-19(20)21(27)26(22(23)28)16-18-8-3-2-4-9-18/h2-4,8-9H,5-6,10-12,14-17H2,1H3. The van der Waals surface area contributed by atoms with Crippen LogP contribution in [-0.2, 0) is 26.6 Å². The first-order valence-electron chi connectivity index (χ1n) is 9.95. The van der Waals surface area contributed by atoms with E-state index >= 15 is 0 Å². The second-order valence-electron chi connectivity index (χ2n) is 7.59. The summed E-state index contributed by atoms with van der Waals surface area (Å²) in [6.45, 7) is 4.43. The second kappa shape index (κ2) is 8.07. The molecule has 1 fully saturated rings. The van der Waals surface area contributed by atoms with Gasteiger partial charge in [-0.3, -0.25) is 14.3 Å². The lowest BCUT2D eigenvalue weighted by molar-refractivity contribution is 0.275. The molecule has 1 aromatic heterocycles. The summed E-state index contributed by atoms with van der Waals surface area (Å²) in [5.74, 6) is 3.25. The lowest BCUT2D eigenvalue weighted by atomic mass is 10.1. The highest BCUT2D eigenvalue weighted by atomic mass is 16.2. The molecule has 0 aliphatic carbocycles. The zero-order chi connectivity index (χ0) is 19.5. The molecule has 0 N–H and O–H groups in total. The SMILES string of the molecule is Cn1c2c(c(=O)n(Cc3ccccc3)c1=O)CN(CC#CN1CCCC1)CC2. The number of hydrogen-bond donors (Lipinski definition) is 0. The van der Waals surface area contributed by atoms with Crippen LogP contribution in [0.5, 0.6) is 0 Å². The minimum Gasteiger partial charge on any atom is -0.333 e. The van der Waals surface area contributed by atoms with Crippen molar-refractivity contribution < 1.29 is 0 Å². The van der Waals surface area contributed by atoms with Crippen LogP contribution < -0.4 is 11.2 Å². The Morgan fingerprint density at radius 1 is 1.04 bits per heavy atom. The van der Waals surface area contributed by atoms with Gasteiger partial charge in [0.15, 0.2) is 0 Å². The highest BCUT2D eigenvalue weighted by Gasteiger charge is 2.23. The van der Waals surface area contributed by atoms with Gasteiger partial charge in [-0.1, -0.05) is 36.3 Å². The summed E-state index contributed by atoms with van der Waals surface area (Å²) in [7, 11) is 1.77. The van der Waals surface area contributed by atoms with E-state index in [1.807, 2.05) is 30.3 Å². The van der Waals surface area contributed by atoms with Gasteiger partial charge >= 0.3 is 5.69 Å². The molecular weight excluding hydrogens is 352 g/mol. The fraction of sp³-hybridized carbons (Fsp3) is 0.455. The van der Waals surface area contributed by atoms with Crippen molar-refractivity contribution in [2.45, 2.75) is 32.4 Å². The van der Waals surface area contributed by atoms with Gasteiger partial charge in [-0.15, -0.1) is 0 Å². The number of hydrogen-bond acceptors (Lipinski definition) is 4. The van der Waals surface area contributed by atoms with Crippen molar-refractivity contribution in [3.63, 3.8) is 0 Å². The van der Waals surface area contributed by atoms with Crippen LogP contribution in [0.25, 0.3) is 0 Å². The monoisotopic (exact) mass is 378 g/mol. The molecule has 0 spiro atoms. The van der Waals surface area contributed by atoms with E-state index in [4.69, 9.17) is 0 Å². The largest absolute Gasteiger partial charge is 0.333 e. The quantitative estimate of drug-likeness (QED) is 0.748. The molecule has 1 saturated heterocycles. The van der Waals surface area contributed by atoms with Crippen LogP contribution in [0.15, 0.2) is 39.9 Å². The zero-order valence-corrected chi connectivity index (χ0v) is 16.4. The molecular formula is C22H26N4O2. The van der Waals surface area contributed by atoms with Crippen molar-refractivity contribution in [2.75, 3.05) is 26.2 Å². The van der Waals surface area contributed by atoms with Gasteiger partial charge in [-0.2, -0.15) is 0 Å². The van der Waals surface area contributed by atoms with E-state index in [9.17, 15) is 9.59 Å². The Morgan fingerprint density at radius 3 is 2.54 bits per heavy atom. The highest BCUT2D eigenvalue weighted by Crippen LogP contribution is 2.14. The lowest BCUT2D eigenvalue weighted by Gasteiger charge is -2.28. The van der Waals surface area contributed by atoms with Crippen LogP contribution in [0.2, 0.25) is 0 Å². The fourth-order valence-corrected chi connectivity index (χ4v) is 4.04. The molecule has 146 valence electrons. The van der Waals surface area contributed by atoms with E-state index in [2.05, 4.69) is 21.8 Å². The van der Waals surface area contributed by atoms with E-state index in [0.29, 0.717) is 26.1 Å². The normalized spacial score (nSPS) is 16.5. The summed E-state index contributed by atoms with van der Waals surface area (Å²) < 4.78 is 3.00. The van der Waals surface area contributed by atoms with E-state index in [-0.39, 0.29) is 11.2 Å². The maximum atomic E-state index is 13.1. The number of fused-ring (bicyclic) bond motifs is 1. The Bertz CT molecular complexity index is 1020. The van der Waals surface area contributed by atoms with Crippen LogP contribution in [0.4, 0.5) is 0 Å². The summed E-state index contributed by atoms with van der Waals surface area (Å²) in [6, 6.07) is 12.9. The summed E-state index contributed by atoms with van der Waals surface area (Å²) in [5, 5.41) is 0. The van der Waals surface area contributed by atoms with Crippen molar-refractivity contribution in [2.24, 2.45) is 7.05 Å². The number of benzene rings is 1. The molecule has 28 heavy (non-hydrogen) atoms. The van der Waals surface area contributed by atoms with Gasteiger partial charge in [0, 0.05) is 51.4 Å². The van der Waals surface area contributed by atoms with Crippen LogP contribution in [-0.4, -0.2) is 45.1 Å². The summed E-state index contributed by atoms with van der Waals surface area (Å²) in [5.41, 5.74) is 2.13. The molecule has 3 heterocycles. The topological polar surface area (TPSA) is 50.5 Å². The van der Waals surface area contributed by atoms with Gasteiger partial charge in [0.25, 0.3) is 5.56 Å². The molecule has 6 nitrogen and oxygen atoms in total. The third-order valence-electron chi connectivity index (χ3n) is 5.65. The molecule has 0 atom stereocenters. The molecule has 2 aliphatic heterocycles. The number of rotatable bonds is 3. The second-order valence-corrected chi connectivity index (χ2v) is 7.59. The molecule has 2 aliphatic rings. The van der Waals surface area contributed by atoms with Gasteiger partial charge in [-0.05, 0) is 18.4 Å². The molecule has 0 saturated carbocycles. The number of likely N-dealkylation sites (tertiary alicyclic amines) is 1. The molecule has 2 aromatic rings. The van der Waals surface area contributed by atoms with Crippen LogP contribution in [0.1, 0.15) is 29.7 Å². The summed E-state index contributed by atoms with van der Waals surface area (Å²) in [6.07, 6.45) is 3.15. The Labute approximate surface area is 165 Å². The maximum absolute atomic E-state index is 13.1. The van der Waals surface area contributed by atoms with Gasteiger partial charge in [0.05, 0.1) is 18.7 Å². The van der Waals surface area contributed by atoms with Crippen molar-refractivity contribution in [1.29, 1.82) is 0 Å². The number of aromatic nitrogens is 2. The molecule has 0 bridgehead atoms. The summed E-state index contributed by atoms with van der Waals surface area (Å²) in [4.78, 5) is 30.2. The summed E-state index contributed by atoms with van der Waals surface area (Å²) >= 11 is 0. The third-order valence-corrected chi connectivity index (χ3v) is 5.65. The van der Waals surface area contributed by atoms with Crippen molar-refractivity contribution >= 4 is 0 Å². The molecule has 0 radical (unpaired) electrons. The first kappa shape index (κ1) is 18.6. The Kier molecular flexibility index (Phi) is 5.36. The molecule has 1 aromatic carbocycles. The van der Waals surface area contributed by atoms with E-state index in [1.54, 1.807) is 11.6 Å². The maximum Gasteiger partial charge on any atom is 0.331 e. The zero-order valence-electron chi connectivity index (χ0n) is 16.4. The average Bonchev–Trinajstić information content (AvgIpc) is 3.24. The first-order valence-corrected chi connectivity index (χ1v) is 9.95. The van der Waals surface area contributed by atoms with Crippen LogP contribution in [0, 0.1) is 12.0 Å². The Hall–Kier alpha value is -2.78. The highest BCUT2D eigenvalue weighted by molar-refractivity contribution is 5.23. The average molecular weight is 378 g/mol.